The number of hydrogen-bond acceptors (Lipinski definition) is 5. The van der Waals surface area contributed by atoms with Crippen LogP contribution in [0.1, 0.15) is 71.1 Å². The number of unbranched alkanes of at least 4 members (excludes halogenated alkanes) is 9. The van der Waals surface area contributed by atoms with Gasteiger partial charge in [-0.15, -0.1) is 0 Å². The molecule has 0 bridgehead atoms. The Morgan fingerprint density at radius 3 is 2.14 bits per heavy atom. The fourth-order valence-electron chi connectivity index (χ4n) is 2.34. The van der Waals surface area contributed by atoms with E-state index in [2.05, 4.69) is 6.92 Å². The summed E-state index contributed by atoms with van der Waals surface area (Å²) in [5, 5.41) is -0.198. The number of carbonyl (C=O) groups is 2. The predicted octanol–water partition coefficient (Wildman–Crippen LogP) is 5.62. The van der Waals surface area contributed by atoms with Gasteiger partial charge in [0.2, 0.25) is 5.91 Å². The van der Waals surface area contributed by atoms with E-state index >= 15 is 0 Å². The van der Waals surface area contributed by atoms with E-state index in [-0.39, 0.29) is 11.1 Å². The molecule has 1 heterocycles. The first kappa shape index (κ1) is 20.0. The van der Waals surface area contributed by atoms with Gasteiger partial charge in [-0.3, -0.25) is 9.59 Å². The third kappa shape index (κ3) is 7.97. The molecule has 3 nitrogen and oxygen atoms in total. The number of rotatable bonds is 11. The topological polar surface area (TPSA) is 37.4 Å². The number of imide groups is 1. The Balaban J connectivity index is 1.92. The molecule has 0 aromatic carbocycles. The highest BCUT2D eigenvalue weighted by Crippen LogP contribution is 2.24. The molecule has 2 amide bonds. The molecule has 6 heteroatoms. The maximum Gasteiger partial charge on any atom is 0.293 e. The summed E-state index contributed by atoms with van der Waals surface area (Å²) >= 11 is 7.51. The average molecular weight is 362 g/mol. The summed E-state index contributed by atoms with van der Waals surface area (Å²) in [5.74, 6) is 0.922. The van der Waals surface area contributed by atoms with E-state index in [1.807, 2.05) is 0 Å². The molecule has 126 valence electrons. The Morgan fingerprint density at radius 1 is 1.09 bits per heavy atom. The van der Waals surface area contributed by atoms with Gasteiger partial charge < -0.3 is 0 Å². The van der Waals surface area contributed by atoms with Crippen molar-refractivity contribution in [1.29, 1.82) is 0 Å². The summed E-state index contributed by atoms with van der Waals surface area (Å²) in [6.45, 7) is 2.24. The molecule has 0 unspecified atom stereocenters. The average Bonchev–Trinajstić information content (AvgIpc) is 2.83. The molecule has 0 atom stereocenters. The standard InChI is InChI=1S/C16H27NO2S3/c1-2-3-4-5-6-7-8-9-10-11-12-21-15(19)17-14(18)13-22-16(17)20/h2-13H2,1H3. The lowest BCUT2D eigenvalue weighted by Crippen LogP contribution is -2.32. The van der Waals surface area contributed by atoms with Gasteiger partial charge in [0.1, 0.15) is 0 Å². The number of nitrogens with zero attached hydrogens (tertiary/aromatic N) is 1. The molecule has 22 heavy (non-hydrogen) atoms. The Hall–Kier alpha value is -0.0700. The summed E-state index contributed by atoms with van der Waals surface area (Å²) in [7, 11) is 0. The van der Waals surface area contributed by atoms with Crippen molar-refractivity contribution in [3.63, 3.8) is 0 Å². The maximum atomic E-state index is 11.9. The molecule has 0 saturated carbocycles. The third-order valence-corrected chi connectivity index (χ3v) is 5.94. The molecule has 0 aromatic rings. The lowest BCUT2D eigenvalue weighted by molar-refractivity contribution is -0.121. The third-order valence-electron chi connectivity index (χ3n) is 3.66. The van der Waals surface area contributed by atoms with Crippen molar-refractivity contribution in [3.8, 4) is 0 Å². The van der Waals surface area contributed by atoms with Gasteiger partial charge in [-0.25, -0.2) is 4.90 Å². The molecule has 0 N–H and O–H groups in total. The van der Waals surface area contributed by atoms with Crippen molar-refractivity contribution < 1.29 is 9.59 Å². The van der Waals surface area contributed by atoms with E-state index in [1.54, 1.807) is 0 Å². The monoisotopic (exact) mass is 361 g/mol. The largest absolute Gasteiger partial charge is 0.293 e. The second-order valence-electron chi connectivity index (χ2n) is 5.58. The van der Waals surface area contributed by atoms with E-state index in [0.717, 1.165) is 17.1 Å². The second kappa shape index (κ2) is 12.4. The Bertz CT molecular complexity index is 358. The summed E-state index contributed by atoms with van der Waals surface area (Å²) in [6, 6.07) is 0. The molecule has 1 aliphatic heterocycles. The molecule has 1 saturated heterocycles. The number of thiocarbonyl (C=S) groups is 1. The van der Waals surface area contributed by atoms with Crippen molar-refractivity contribution in [2.75, 3.05) is 11.5 Å². The molecule has 0 aliphatic carbocycles. The predicted molar refractivity (Wildman–Crippen MR) is 102 cm³/mol. The van der Waals surface area contributed by atoms with Crippen LogP contribution in [0.25, 0.3) is 0 Å². The van der Waals surface area contributed by atoms with Crippen LogP contribution < -0.4 is 0 Å². The first-order valence-electron chi connectivity index (χ1n) is 8.33. The highest BCUT2D eigenvalue weighted by molar-refractivity contribution is 8.24. The number of thioether (sulfide) groups is 2. The van der Waals surface area contributed by atoms with E-state index in [1.165, 1.54) is 81.3 Å². The lowest BCUT2D eigenvalue weighted by atomic mass is 10.1. The minimum Gasteiger partial charge on any atom is -0.273 e. The Morgan fingerprint density at radius 2 is 1.64 bits per heavy atom. The molecule has 1 rings (SSSR count). The second-order valence-corrected chi connectivity index (χ2v) is 8.24. The fourth-order valence-corrected chi connectivity index (χ4v) is 4.36. The van der Waals surface area contributed by atoms with E-state index in [4.69, 9.17) is 12.2 Å². The zero-order valence-electron chi connectivity index (χ0n) is 13.5. The quantitative estimate of drug-likeness (QED) is 0.352. The first-order chi connectivity index (χ1) is 10.7. The summed E-state index contributed by atoms with van der Waals surface area (Å²) in [4.78, 5) is 24.6. The minimum absolute atomic E-state index is 0.171. The van der Waals surface area contributed by atoms with Crippen molar-refractivity contribution in [2.24, 2.45) is 0 Å². The van der Waals surface area contributed by atoms with E-state index < -0.39 is 0 Å². The summed E-state index contributed by atoms with van der Waals surface area (Å²) < 4.78 is 0.408. The highest BCUT2D eigenvalue weighted by atomic mass is 32.2. The molecule has 0 radical (unpaired) electrons. The van der Waals surface area contributed by atoms with Gasteiger partial charge in [-0.2, -0.15) is 0 Å². The maximum absolute atomic E-state index is 11.9. The van der Waals surface area contributed by atoms with Gasteiger partial charge in [0, 0.05) is 5.75 Å². The van der Waals surface area contributed by atoms with E-state index in [9.17, 15) is 9.59 Å². The Kier molecular flexibility index (Phi) is 11.2. The van der Waals surface area contributed by atoms with E-state index in [0.29, 0.717) is 10.1 Å². The van der Waals surface area contributed by atoms with Crippen molar-refractivity contribution >= 4 is 51.2 Å². The van der Waals surface area contributed by atoms with Crippen LogP contribution in [-0.4, -0.2) is 31.9 Å². The zero-order valence-corrected chi connectivity index (χ0v) is 15.9. The molecular formula is C16H27NO2S3. The van der Waals surface area contributed by atoms with Crippen LogP contribution in [0.4, 0.5) is 4.79 Å². The van der Waals surface area contributed by atoms with Crippen LogP contribution in [0.5, 0.6) is 0 Å². The van der Waals surface area contributed by atoms with Gasteiger partial charge in [-0.05, 0) is 6.42 Å². The number of hydrogen-bond donors (Lipinski definition) is 0. The number of carbonyl (C=O) groups excluding carboxylic acids is 2. The van der Waals surface area contributed by atoms with Crippen molar-refractivity contribution in [3.05, 3.63) is 0 Å². The molecule has 0 spiro atoms. The van der Waals surface area contributed by atoms with Crippen LogP contribution in [0.15, 0.2) is 0 Å². The smallest absolute Gasteiger partial charge is 0.273 e. The molecule has 0 aromatic heterocycles. The first-order valence-corrected chi connectivity index (χ1v) is 10.7. The van der Waals surface area contributed by atoms with Crippen LogP contribution in [0.2, 0.25) is 0 Å². The van der Waals surface area contributed by atoms with Crippen molar-refractivity contribution in [1.82, 2.24) is 4.90 Å². The molecular weight excluding hydrogens is 334 g/mol. The van der Waals surface area contributed by atoms with Gasteiger partial charge in [0.15, 0.2) is 4.32 Å². The normalized spacial score (nSPS) is 14.9. The number of amides is 2. The highest BCUT2D eigenvalue weighted by Gasteiger charge is 2.32. The zero-order chi connectivity index (χ0) is 16.2. The van der Waals surface area contributed by atoms with Gasteiger partial charge in [0.25, 0.3) is 5.24 Å². The van der Waals surface area contributed by atoms with Gasteiger partial charge >= 0.3 is 0 Å². The van der Waals surface area contributed by atoms with Crippen LogP contribution >= 0.6 is 35.7 Å². The Labute approximate surface area is 148 Å². The van der Waals surface area contributed by atoms with Crippen LogP contribution in [0, 0.1) is 0 Å². The minimum atomic E-state index is -0.198. The van der Waals surface area contributed by atoms with Crippen LogP contribution in [0.3, 0.4) is 0 Å². The molecule has 1 fully saturated rings. The van der Waals surface area contributed by atoms with Crippen LogP contribution in [-0.2, 0) is 4.79 Å². The fraction of sp³-hybridized carbons (Fsp3) is 0.812. The molecule has 1 aliphatic rings. The van der Waals surface area contributed by atoms with Gasteiger partial charge in [0.05, 0.1) is 5.75 Å². The van der Waals surface area contributed by atoms with Gasteiger partial charge in [-0.1, -0.05) is 100 Å². The summed E-state index contributed by atoms with van der Waals surface area (Å²) in [5.41, 5.74) is 0. The van der Waals surface area contributed by atoms with Crippen molar-refractivity contribution in [2.45, 2.75) is 71.1 Å². The SMILES string of the molecule is CCCCCCCCCCCCSC(=O)N1C(=O)CSC1=S. The lowest BCUT2D eigenvalue weighted by Gasteiger charge is -2.11. The summed E-state index contributed by atoms with van der Waals surface area (Å²) in [6.07, 6.45) is 12.9.